The third kappa shape index (κ3) is 3.87. The van der Waals surface area contributed by atoms with Gasteiger partial charge in [-0.05, 0) is 50.1 Å². The molecule has 1 saturated carbocycles. The molecule has 2 amide bonds. The van der Waals surface area contributed by atoms with Gasteiger partial charge in [0.25, 0.3) is 11.8 Å². The van der Waals surface area contributed by atoms with Crippen molar-refractivity contribution in [3.63, 3.8) is 0 Å². The summed E-state index contributed by atoms with van der Waals surface area (Å²) < 4.78 is 15.8. The molecule has 2 atom stereocenters. The van der Waals surface area contributed by atoms with Crippen LogP contribution < -0.4 is 10.6 Å². The number of aromatic nitrogens is 3. The first kappa shape index (κ1) is 18.8. The van der Waals surface area contributed by atoms with E-state index in [0.717, 1.165) is 11.3 Å². The molecule has 2 aromatic heterocycles. The van der Waals surface area contributed by atoms with Crippen molar-refractivity contribution in [1.29, 1.82) is 0 Å². The molecule has 0 bridgehead atoms. The fourth-order valence-corrected chi connectivity index (χ4v) is 3.27. The minimum absolute atomic E-state index is 0.0771. The molecule has 0 aliphatic heterocycles. The molecule has 0 unspecified atom stereocenters. The van der Waals surface area contributed by atoms with Crippen LogP contribution >= 0.6 is 0 Å². The van der Waals surface area contributed by atoms with Crippen molar-refractivity contribution in [2.24, 2.45) is 0 Å². The predicted octanol–water partition coefficient (Wildman–Crippen LogP) is 2.32. The second kappa shape index (κ2) is 7.46. The minimum Gasteiger partial charge on any atom is -0.347 e. The standard InChI is InChI=1S/C21H20FN5O2/c1-12-9-13(2)23-11-14(12)20(28)25-16-10-17(16)26-21(29)19-15(22)5-3-6-18(19)27-8-4-7-24-27/h3-9,11,16-17H,10H2,1-2H3,(H,25,28)(H,26,29)/t16-,17-/m0/s1. The van der Waals surface area contributed by atoms with Crippen molar-refractivity contribution in [3.8, 4) is 5.69 Å². The molecule has 148 valence electrons. The molecular weight excluding hydrogens is 373 g/mol. The molecule has 1 fully saturated rings. The van der Waals surface area contributed by atoms with Crippen molar-refractivity contribution >= 4 is 11.8 Å². The molecule has 8 heteroatoms. The molecule has 1 aromatic carbocycles. The van der Waals surface area contributed by atoms with Crippen LogP contribution in [0.15, 0.2) is 48.9 Å². The fourth-order valence-electron chi connectivity index (χ4n) is 3.27. The molecule has 0 spiro atoms. The Hall–Kier alpha value is -3.55. The highest BCUT2D eigenvalue weighted by Crippen LogP contribution is 2.24. The summed E-state index contributed by atoms with van der Waals surface area (Å²) in [6, 6.07) is 7.48. The van der Waals surface area contributed by atoms with Gasteiger partial charge in [-0.1, -0.05) is 6.07 Å². The number of halogens is 1. The van der Waals surface area contributed by atoms with Crippen LogP contribution in [0, 0.1) is 19.7 Å². The van der Waals surface area contributed by atoms with E-state index in [0.29, 0.717) is 17.7 Å². The van der Waals surface area contributed by atoms with E-state index in [4.69, 9.17) is 0 Å². The lowest BCUT2D eigenvalue weighted by Gasteiger charge is -2.12. The van der Waals surface area contributed by atoms with E-state index in [2.05, 4.69) is 20.7 Å². The molecular formula is C21H20FN5O2. The maximum Gasteiger partial charge on any atom is 0.256 e. The maximum atomic E-state index is 14.4. The van der Waals surface area contributed by atoms with Crippen molar-refractivity contribution in [3.05, 3.63) is 77.1 Å². The Labute approximate surface area is 167 Å². The van der Waals surface area contributed by atoms with Gasteiger partial charge in [-0.3, -0.25) is 14.6 Å². The maximum absolute atomic E-state index is 14.4. The lowest BCUT2D eigenvalue weighted by atomic mass is 10.1. The highest BCUT2D eigenvalue weighted by atomic mass is 19.1. The van der Waals surface area contributed by atoms with Gasteiger partial charge in [0.1, 0.15) is 11.4 Å². The topological polar surface area (TPSA) is 88.9 Å². The van der Waals surface area contributed by atoms with Crippen LogP contribution in [0.25, 0.3) is 5.69 Å². The van der Waals surface area contributed by atoms with Crippen LogP contribution in [0.1, 0.15) is 38.4 Å². The van der Waals surface area contributed by atoms with Crippen LogP contribution in [0.2, 0.25) is 0 Å². The number of rotatable bonds is 5. The Balaban J connectivity index is 1.43. The summed E-state index contributed by atoms with van der Waals surface area (Å²) in [7, 11) is 0. The summed E-state index contributed by atoms with van der Waals surface area (Å²) in [6.07, 6.45) is 5.33. The van der Waals surface area contributed by atoms with E-state index >= 15 is 0 Å². The number of nitrogens with zero attached hydrogens (tertiary/aromatic N) is 3. The van der Waals surface area contributed by atoms with E-state index in [1.807, 2.05) is 19.9 Å². The normalized spacial score (nSPS) is 17.6. The van der Waals surface area contributed by atoms with E-state index in [1.165, 1.54) is 16.8 Å². The molecule has 1 aliphatic rings. The van der Waals surface area contributed by atoms with Crippen molar-refractivity contribution in [1.82, 2.24) is 25.4 Å². The molecule has 7 nitrogen and oxygen atoms in total. The molecule has 0 radical (unpaired) electrons. The average molecular weight is 393 g/mol. The summed E-state index contributed by atoms with van der Waals surface area (Å²) in [5.74, 6) is -1.40. The summed E-state index contributed by atoms with van der Waals surface area (Å²) in [4.78, 5) is 29.3. The van der Waals surface area contributed by atoms with Gasteiger partial charge in [0, 0.05) is 24.3 Å². The number of aryl methyl sites for hydroxylation is 2. The summed E-state index contributed by atoms with van der Waals surface area (Å²) in [5.41, 5.74) is 2.46. The zero-order valence-electron chi connectivity index (χ0n) is 16.0. The predicted molar refractivity (Wildman–Crippen MR) is 104 cm³/mol. The Kier molecular flexibility index (Phi) is 4.84. The fraction of sp³-hybridized carbons (Fsp3) is 0.238. The molecule has 3 aromatic rings. The van der Waals surface area contributed by atoms with Crippen LogP contribution in [0.4, 0.5) is 4.39 Å². The first-order valence-electron chi connectivity index (χ1n) is 9.27. The molecule has 2 heterocycles. The van der Waals surface area contributed by atoms with Crippen molar-refractivity contribution in [2.75, 3.05) is 0 Å². The molecule has 0 saturated heterocycles. The van der Waals surface area contributed by atoms with E-state index in [9.17, 15) is 14.0 Å². The van der Waals surface area contributed by atoms with Gasteiger partial charge >= 0.3 is 0 Å². The number of amides is 2. The van der Waals surface area contributed by atoms with Crippen LogP contribution in [0.3, 0.4) is 0 Å². The Morgan fingerprint density at radius 1 is 1.14 bits per heavy atom. The molecule has 4 rings (SSSR count). The number of pyridine rings is 1. The number of benzene rings is 1. The van der Waals surface area contributed by atoms with Gasteiger partial charge in [-0.2, -0.15) is 5.10 Å². The number of hydrogen-bond donors (Lipinski definition) is 2. The lowest BCUT2D eigenvalue weighted by molar-refractivity contribution is 0.0923. The van der Waals surface area contributed by atoms with Crippen LogP contribution in [-0.4, -0.2) is 38.7 Å². The monoisotopic (exact) mass is 393 g/mol. The van der Waals surface area contributed by atoms with E-state index in [1.54, 1.807) is 30.7 Å². The third-order valence-electron chi connectivity index (χ3n) is 4.89. The van der Waals surface area contributed by atoms with Crippen LogP contribution in [0.5, 0.6) is 0 Å². The first-order chi connectivity index (χ1) is 13.9. The highest BCUT2D eigenvalue weighted by molar-refractivity contribution is 5.99. The second-order valence-corrected chi connectivity index (χ2v) is 7.12. The number of hydrogen-bond acceptors (Lipinski definition) is 4. The van der Waals surface area contributed by atoms with Crippen molar-refractivity contribution < 1.29 is 14.0 Å². The second-order valence-electron chi connectivity index (χ2n) is 7.12. The zero-order valence-corrected chi connectivity index (χ0v) is 16.0. The van der Waals surface area contributed by atoms with Gasteiger partial charge in [0.2, 0.25) is 0 Å². The molecule has 29 heavy (non-hydrogen) atoms. The van der Waals surface area contributed by atoms with Gasteiger partial charge in [-0.15, -0.1) is 0 Å². The largest absolute Gasteiger partial charge is 0.347 e. The van der Waals surface area contributed by atoms with Gasteiger partial charge < -0.3 is 10.6 Å². The number of carbonyl (C=O) groups is 2. The Bertz CT molecular complexity index is 1080. The van der Waals surface area contributed by atoms with E-state index in [-0.39, 0.29) is 23.6 Å². The summed E-state index contributed by atoms with van der Waals surface area (Å²) in [6.45, 7) is 3.71. The quantitative estimate of drug-likeness (QED) is 0.696. The molecule has 1 aliphatic carbocycles. The molecule has 2 N–H and O–H groups in total. The zero-order chi connectivity index (χ0) is 20.5. The first-order valence-corrected chi connectivity index (χ1v) is 9.27. The lowest BCUT2D eigenvalue weighted by Crippen LogP contribution is -2.35. The van der Waals surface area contributed by atoms with E-state index < -0.39 is 11.7 Å². The summed E-state index contributed by atoms with van der Waals surface area (Å²) in [5, 5.41) is 9.76. The number of carbonyl (C=O) groups excluding carboxylic acids is 2. The highest BCUT2D eigenvalue weighted by Gasteiger charge is 2.40. The average Bonchev–Trinajstić information content (AvgIpc) is 3.16. The smallest absolute Gasteiger partial charge is 0.256 e. The SMILES string of the molecule is Cc1cc(C)c(C(=O)N[C@H]2C[C@@H]2NC(=O)c2c(F)cccc2-n2cccn2)cn1. The van der Waals surface area contributed by atoms with Gasteiger partial charge in [0.05, 0.1) is 23.3 Å². The number of nitrogens with one attached hydrogen (secondary N) is 2. The third-order valence-corrected chi connectivity index (χ3v) is 4.89. The van der Waals surface area contributed by atoms with Gasteiger partial charge in [0.15, 0.2) is 0 Å². The minimum atomic E-state index is -0.627. The Morgan fingerprint density at radius 2 is 1.90 bits per heavy atom. The van der Waals surface area contributed by atoms with Crippen molar-refractivity contribution in [2.45, 2.75) is 32.4 Å². The Morgan fingerprint density at radius 3 is 2.59 bits per heavy atom. The van der Waals surface area contributed by atoms with Crippen LogP contribution in [-0.2, 0) is 0 Å². The summed E-state index contributed by atoms with van der Waals surface area (Å²) >= 11 is 0. The van der Waals surface area contributed by atoms with Gasteiger partial charge in [-0.25, -0.2) is 9.07 Å².